The zero-order valence-corrected chi connectivity index (χ0v) is 10.9. The summed E-state index contributed by atoms with van der Waals surface area (Å²) in [5.74, 6) is 3.10. The average molecular weight is 203 g/mol. The van der Waals surface area contributed by atoms with Crippen LogP contribution in [-0.2, 0) is 0 Å². The van der Waals surface area contributed by atoms with Crippen LogP contribution in [0.15, 0.2) is 22.3 Å². The predicted octanol–water partition coefficient (Wildman–Crippen LogP) is 4.40. The van der Waals surface area contributed by atoms with Gasteiger partial charge in [0.2, 0.25) is 0 Å². The van der Waals surface area contributed by atoms with Gasteiger partial charge in [-0.25, -0.2) is 0 Å². The first kappa shape index (κ1) is 11.0. The topological polar surface area (TPSA) is 0 Å². The molecule has 0 fully saturated rings. The van der Waals surface area contributed by atoms with Crippen molar-refractivity contribution < 1.29 is 0 Å². The van der Waals surface area contributed by atoms with Gasteiger partial charge >= 0.3 is 0 Å². The maximum absolute atomic E-state index is 2.42. The molecular weight excluding hydrogens is 180 g/mol. The molecule has 4 atom stereocenters. The summed E-state index contributed by atoms with van der Waals surface area (Å²) >= 11 is 0. The lowest BCUT2D eigenvalue weighted by Crippen LogP contribution is -2.30. The predicted molar refractivity (Wildman–Crippen MR) is 66.4 cm³/mol. The molecule has 2 aliphatic rings. The first-order valence-electron chi connectivity index (χ1n) is 6.21. The maximum atomic E-state index is 2.42. The van der Waals surface area contributed by atoms with Crippen LogP contribution in [-0.4, -0.2) is 0 Å². The molecule has 0 saturated heterocycles. The molecule has 0 amide bonds. The Hall–Kier alpha value is -0.520. The molecule has 0 aromatic rings. The summed E-state index contributed by atoms with van der Waals surface area (Å²) in [5.41, 5.74) is 6.32. The van der Waals surface area contributed by atoms with Crippen LogP contribution in [0, 0.1) is 30.1 Å². The summed E-state index contributed by atoms with van der Waals surface area (Å²) in [5, 5.41) is 0. The third-order valence-electron chi connectivity index (χ3n) is 5.03. The molecule has 1 radical (unpaired) electrons. The Balaban J connectivity index is 2.46. The molecule has 0 bridgehead atoms. The van der Waals surface area contributed by atoms with Gasteiger partial charge in [-0.05, 0) is 48.7 Å². The van der Waals surface area contributed by atoms with Crippen molar-refractivity contribution in [2.24, 2.45) is 23.7 Å². The summed E-state index contributed by atoms with van der Waals surface area (Å²) in [6, 6.07) is 0. The smallest absolute Gasteiger partial charge is 0.0122 e. The van der Waals surface area contributed by atoms with Gasteiger partial charge in [0, 0.05) is 6.42 Å². The summed E-state index contributed by atoms with van der Waals surface area (Å²) in [6.07, 6.45) is 2.42. The normalized spacial score (nSPS) is 41.2. The number of hydrogen-bond donors (Lipinski definition) is 0. The van der Waals surface area contributed by atoms with Crippen molar-refractivity contribution in [1.82, 2.24) is 0 Å². The van der Waals surface area contributed by atoms with E-state index in [1.165, 1.54) is 5.57 Å². The SMILES string of the molecule is CC1=C(C)C2=C([CH]1)C(C)C(C)C(C)C2C. The molecule has 15 heavy (non-hydrogen) atoms. The summed E-state index contributed by atoms with van der Waals surface area (Å²) in [7, 11) is 0. The van der Waals surface area contributed by atoms with Gasteiger partial charge in [-0.1, -0.05) is 38.8 Å². The molecule has 0 saturated carbocycles. The molecule has 4 unspecified atom stereocenters. The van der Waals surface area contributed by atoms with E-state index < -0.39 is 0 Å². The van der Waals surface area contributed by atoms with Gasteiger partial charge in [-0.15, -0.1) is 0 Å². The van der Waals surface area contributed by atoms with Crippen LogP contribution >= 0.6 is 0 Å². The highest BCUT2D eigenvalue weighted by Crippen LogP contribution is 2.49. The van der Waals surface area contributed by atoms with E-state index in [2.05, 4.69) is 48.0 Å². The van der Waals surface area contributed by atoms with Gasteiger partial charge in [0.25, 0.3) is 0 Å². The molecule has 0 heteroatoms. The van der Waals surface area contributed by atoms with Crippen LogP contribution in [0.4, 0.5) is 0 Å². The Labute approximate surface area is 94.5 Å². The van der Waals surface area contributed by atoms with Crippen LogP contribution in [0.5, 0.6) is 0 Å². The largest absolute Gasteiger partial charge is 0.0620 e. The zero-order valence-electron chi connectivity index (χ0n) is 10.9. The van der Waals surface area contributed by atoms with E-state index in [0.29, 0.717) is 0 Å². The van der Waals surface area contributed by atoms with Crippen molar-refractivity contribution in [2.75, 3.05) is 0 Å². The highest BCUT2D eigenvalue weighted by molar-refractivity contribution is 5.55. The third-order valence-corrected chi connectivity index (χ3v) is 5.03. The minimum Gasteiger partial charge on any atom is -0.0620 e. The Morgan fingerprint density at radius 1 is 0.867 bits per heavy atom. The third kappa shape index (κ3) is 1.41. The standard InChI is InChI=1S/C15H23/c1-8-7-14-12(5)10(3)11(4)13(6)15(14)9(8)2/h7,10-13H,1-6H3. The fraction of sp³-hybridized carbons (Fsp3) is 0.667. The summed E-state index contributed by atoms with van der Waals surface area (Å²) in [4.78, 5) is 0. The van der Waals surface area contributed by atoms with E-state index in [1.807, 2.05) is 0 Å². The Kier molecular flexibility index (Phi) is 2.56. The fourth-order valence-corrected chi connectivity index (χ4v) is 3.29. The molecule has 2 aliphatic carbocycles. The molecule has 0 nitrogen and oxygen atoms in total. The second kappa shape index (κ2) is 3.50. The van der Waals surface area contributed by atoms with E-state index in [-0.39, 0.29) is 0 Å². The van der Waals surface area contributed by atoms with Crippen molar-refractivity contribution in [1.29, 1.82) is 0 Å². The Morgan fingerprint density at radius 3 is 2.00 bits per heavy atom. The van der Waals surface area contributed by atoms with E-state index in [4.69, 9.17) is 0 Å². The first-order chi connectivity index (χ1) is 6.95. The van der Waals surface area contributed by atoms with Crippen molar-refractivity contribution in [3.63, 3.8) is 0 Å². The van der Waals surface area contributed by atoms with Crippen molar-refractivity contribution in [3.8, 4) is 0 Å². The number of rotatable bonds is 0. The van der Waals surface area contributed by atoms with E-state index in [0.717, 1.165) is 23.7 Å². The second-order valence-corrected chi connectivity index (χ2v) is 5.62. The van der Waals surface area contributed by atoms with Crippen LogP contribution in [0.1, 0.15) is 41.5 Å². The van der Waals surface area contributed by atoms with Gasteiger partial charge in [0.15, 0.2) is 0 Å². The zero-order chi connectivity index (χ0) is 11.3. The lowest BCUT2D eigenvalue weighted by Gasteiger charge is -2.39. The average Bonchev–Trinajstić information content (AvgIpc) is 2.50. The van der Waals surface area contributed by atoms with Crippen LogP contribution < -0.4 is 0 Å². The summed E-state index contributed by atoms with van der Waals surface area (Å²) in [6.45, 7) is 14.2. The quantitative estimate of drug-likeness (QED) is 0.547. The lowest BCUT2D eigenvalue weighted by atomic mass is 9.66. The van der Waals surface area contributed by atoms with Crippen LogP contribution in [0.3, 0.4) is 0 Å². The van der Waals surface area contributed by atoms with Gasteiger partial charge < -0.3 is 0 Å². The highest BCUT2D eigenvalue weighted by Gasteiger charge is 2.38. The molecule has 0 N–H and O–H groups in total. The molecule has 0 spiro atoms. The van der Waals surface area contributed by atoms with E-state index in [1.54, 1.807) is 16.7 Å². The minimum absolute atomic E-state index is 0.735. The van der Waals surface area contributed by atoms with Crippen molar-refractivity contribution in [2.45, 2.75) is 41.5 Å². The summed E-state index contributed by atoms with van der Waals surface area (Å²) < 4.78 is 0. The van der Waals surface area contributed by atoms with Gasteiger partial charge in [0.1, 0.15) is 0 Å². The first-order valence-corrected chi connectivity index (χ1v) is 6.21. The van der Waals surface area contributed by atoms with Crippen molar-refractivity contribution >= 4 is 0 Å². The lowest BCUT2D eigenvalue weighted by molar-refractivity contribution is 0.233. The highest BCUT2D eigenvalue weighted by atomic mass is 14.4. The molecule has 83 valence electrons. The number of allylic oxidation sites excluding steroid dienone is 4. The van der Waals surface area contributed by atoms with Gasteiger partial charge in [-0.2, -0.15) is 0 Å². The molecule has 0 heterocycles. The number of hydrogen-bond acceptors (Lipinski definition) is 0. The van der Waals surface area contributed by atoms with E-state index in [9.17, 15) is 0 Å². The Morgan fingerprint density at radius 2 is 1.40 bits per heavy atom. The minimum atomic E-state index is 0.735. The molecule has 0 aliphatic heterocycles. The van der Waals surface area contributed by atoms with E-state index >= 15 is 0 Å². The monoisotopic (exact) mass is 203 g/mol. The van der Waals surface area contributed by atoms with Gasteiger partial charge in [-0.3, -0.25) is 0 Å². The van der Waals surface area contributed by atoms with Crippen LogP contribution in [0.25, 0.3) is 0 Å². The fourth-order valence-electron chi connectivity index (χ4n) is 3.29. The second-order valence-electron chi connectivity index (χ2n) is 5.62. The molecule has 0 aromatic carbocycles. The van der Waals surface area contributed by atoms with Crippen LogP contribution in [0.2, 0.25) is 0 Å². The molecule has 0 aromatic heterocycles. The maximum Gasteiger partial charge on any atom is 0.0122 e. The Bertz CT molecular complexity index is 343. The molecule has 2 rings (SSSR count). The van der Waals surface area contributed by atoms with Gasteiger partial charge in [0.05, 0.1) is 0 Å². The van der Waals surface area contributed by atoms with Crippen molar-refractivity contribution in [3.05, 3.63) is 28.7 Å². The molecular formula is C15H23.